The van der Waals surface area contributed by atoms with Crippen molar-refractivity contribution >= 4 is 86.3 Å². The summed E-state index contributed by atoms with van der Waals surface area (Å²) in [5.41, 5.74) is 10.0. The van der Waals surface area contributed by atoms with Crippen molar-refractivity contribution < 1.29 is 28.7 Å². The first-order valence-corrected chi connectivity index (χ1v) is 24.0. The minimum atomic E-state index is -1.28. The number of carbonyl (C=O) groups excluding carboxylic acids is 4. The number of hydrogen-bond donors (Lipinski definition) is 0. The monoisotopic (exact) mass is 907 g/mol. The molecule has 1 aliphatic carbocycles. The number of hydrogen-bond acceptors (Lipinski definition) is 8. The molecule has 0 unspecified atom stereocenters. The molecule has 2 aliphatic heterocycles. The number of esters is 2. The van der Waals surface area contributed by atoms with E-state index in [1.165, 1.54) is 57.6 Å². The Labute approximate surface area is 408 Å². The summed E-state index contributed by atoms with van der Waals surface area (Å²) in [5.74, 6) is -1.14. The average Bonchev–Trinajstić information content (AvgIpc) is 4.02. The van der Waals surface area contributed by atoms with Gasteiger partial charge in [0.2, 0.25) is 0 Å². The SMILES string of the molecule is C=Cc1c(C=O)c2cc3nc(c4c5[n-]c(cc6nc(cc1[n-]2)C(C)=C6CC)c(C)c5C(=O)[C@@H]4C(=O)OC)[C@@H](CCC(=O)OC/C=C(\C)CCC[C@H](C)CCC[C@H](C)CCCC(C)C)[C@@H]3C.[Mg+2]. The molecule has 0 radical (unpaired) electrons. The summed E-state index contributed by atoms with van der Waals surface area (Å²) in [4.78, 5) is 74.2. The van der Waals surface area contributed by atoms with Crippen LogP contribution in [0.1, 0.15) is 210 Å². The number of ketones is 1. The van der Waals surface area contributed by atoms with Gasteiger partial charge in [-0.05, 0) is 92.6 Å². The first kappa shape index (κ1) is 52.4. The van der Waals surface area contributed by atoms with Crippen LogP contribution < -0.4 is 9.97 Å². The molecule has 0 spiro atoms. The van der Waals surface area contributed by atoms with Crippen LogP contribution in [0.5, 0.6) is 0 Å². The molecule has 5 heterocycles. The molecule has 0 aromatic carbocycles. The summed E-state index contributed by atoms with van der Waals surface area (Å²) < 4.78 is 11.0. The van der Waals surface area contributed by atoms with Gasteiger partial charge in [-0.2, -0.15) is 0 Å². The molecular weight excluding hydrogens is 837 g/mol. The number of allylic oxidation sites excluding steroid dienone is 3. The van der Waals surface area contributed by atoms with Crippen LogP contribution in [-0.4, -0.2) is 70.7 Å². The van der Waals surface area contributed by atoms with Crippen LogP contribution in [0, 0.1) is 24.7 Å². The van der Waals surface area contributed by atoms with Crippen LogP contribution in [0.25, 0.3) is 39.3 Å². The molecule has 11 heteroatoms. The molecule has 348 valence electrons. The van der Waals surface area contributed by atoms with Gasteiger partial charge in [0.15, 0.2) is 5.78 Å². The summed E-state index contributed by atoms with van der Waals surface area (Å²) in [6.07, 6.45) is 16.7. The largest absolute Gasteiger partial charge is 2.00 e. The molecule has 0 N–H and O–H groups in total. The van der Waals surface area contributed by atoms with E-state index in [1.807, 2.05) is 39.0 Å². The summed E-state index contributed by atoms with van der Waals surface area (Å²) >= 11 is 0. The van der Waals surface area contributed by atoms with Crippen molar-refractivity contribution in [1.29, 1.82) is 0 Å². The van der Waals surface area contributed by atoms with Gasteiger partial charge in [0.1, 0.15) is 18.8 Å². The fourth-order valence-electron chi connectivity index (χ4n) is 10.1. The predicted octanol–water partition coefficient (Wildman–Crippen LogP) is 12.3. The van der Waals surface area contributed by atoms with Crippen molar-refractivity contribution in [3.05, 3.63) is 87.0 Å². The van der Waals surface area contributed by atoms with E-state index in [9.17, 15) is 19.2 Å². The number of nitrogens with zero attached hydrogens (tertiary/aromatic N) is 4. The number of aryl methyl sites for hydroxylation is 1. The maximum absolute atomic E-state index is 14.4. The first-order valence-electron chi connectivity index (χ1n) is 24.0. The van der Waals surface area contributed by atoms with E-state index in [-0.39, 0.29) is 48.0 Å². The number of aldehydes is 1. The van der Waals surface area contributed by atoms with Crippen molar-refractivity contribution in [1.82, 2.24) is 19.9 Å². The predicted molar refractivity (Wildman–Crippen MR) is 267 cm³/mol. The van der Waals surface area contributed by atoms with Crippen molar-refractivity contribution in [2.75, 3.05) is 13.7 Å². The Kier molecular flexibility index (Phi) is 18.6. The smallest absolute Gasteiger partial charge is 0.657 e. The van der Waals surface area contributed by atoms with Crippen molar-refractivity contribution in [2.45, 2.75) is 157 Å². The molecular formula is C55H70MgN4O6. The third-order valence-corrected chi connectivity index (χ3v) is 14.1. The molecule has 0 saturated carbocycles. The van der Waals surface area contributed by atoms with E-state index in [2.05, 4.69) is 48.1 Å². The molecule has 6 rings (SSSR count). The van der Waals surface area contributed by atoms with Crippen LogP contribution >= 0.6 is 0 Å². The number of carbonyl (C=O) groups is 4. The molecule has 3 aliphatic rings. The van der Waals surface area contributed by atoms with Crippen molar-refractivity contribution in [3.8, 4) is 0 Å². The molecule has 0 saturated heterocycles. The standard InChI is InChI=1S/C55H71N4O6.Mg/c1-12-38-35(8)42-27-46-39(13-2)41(30-60)47(57-46)28-43-36(9)40(52(58-43)50-51(55(63)64-11)54(62)49-37(10)44(59-53(49)50)29-45(38)56-42)23-24-48(61)65-26-25-34(7)22-16-21-33(6)20-15-19-32(5)18-14-17-31(3)4;/h13,25,27-33,36,40,51H,2,12,14-24,26H2,1,3-11H3,(H-,56,57,58,59,60,62);/q-1;+2/p-1/b34-25+;/t32-,33-,36+,40+,51-;/m1./s1. The van der Waals surface area contributed by atoms with Gasteiger partial charge in [-0.3, -0.25) is 24.2 Å². The molecule has 66 heavy (non-hydrogen) atoms. The Bertz CT molecular complexity index is 2540. The summed E-state index contributed by atoms with van der Waals surface area (Å²) in [6.45, 7) is 23.6. The Balaban J connectivity index is 0.00000817. The molecule has 3 aromatic heterocycles. The number of aromatic nitrogens is 4. The number of rotatable bonds is 21. The molecule has 5 atom stereocenters. The Morgan fingerprint density at radius 2 is 1.53 bits per heavy atom. The zero-order chi connectivity index (χ0) is 47.1. The zero-order valence-corrected chi connectivity index (χ0v) is 42.7. The number of methoxy groups -OCH3 is 1. The van der Waals surface area contributed by atoms with E-state index >= 15 is 0 Å². The van der Waals surface area contributed by atoms with Gasteiger partial charge >= 0.3 is 35.0 Å². The second-order valence-electron chi connectivity index (χ2n) is 19.3. The first-order chi connectivity index (χ1) is 31.1. The number of ether oxygens (including phenoxy) is 2. The Morgan fingerprint density at radius 1 is 0.879 bits per heavy atom. The van der Waals surface area contributed by atoms with Gasteiger partial charge in [-0.1, -0.05) is 128 Å². The quantitative estimate of drug-likeness (QED) is 0.0333. The third-order valence-electron chi connectivity index (χ3n) is 14.1. The van der Waals surface area contributed by atoms with Crippen LogP contribution in [0.2, 0.25) is 0 Å². The van der Waals surface area contributed by atoms with Crippen LogP contribution in [-0.2, 0) is 19.1 Å². The normalized spacial score (nSPS) is 17.8. The zero-order valence-electron chi connectivity index (χ0n) is 41.3. The van der Waals surface area contributed by atoms with Gasteiger partial charge in [-0.25, -0.2) is 4.98 Å². The molecule has 8 bridgehead atoms. The minimum absolute atomic E-state index is 0. The topological polar surface area (TPSA) is 141 Å². The summed E-state index contributed by atoms with van der Waals surface area (Å²) in [6, 6.07) is 5.56. The third kappa shape index (κ3) is 11.6. The van der Waals surface area contributed by atoms with Crippen molar-refractivity contribution in [3.63, 3.8) is 0 Å². The minimum Gasteiger partial charge on any atom is -0.657 e. The Hall–Kier alpha value is -4.61. The fourth-order valence-corrected chi connectivity index (χ4v) is 10.1. The van der Waals surface area contributed by atoms with Crippen molar-refractivity contribution in [2.24, 2.45) is 17.8 Å². The average molecular weight is 907 g/mol. The van der Waals surface area contributed by atoms with Gasteiger partial charge < -0.3 is 19.4 Å². The second-order valence-corrected chi connectivity index (χ2v) is 19.3. The summed E-state index contributed by atoms with van der Waals surface area (Å²) in [7, 11) is 1.27. The second kappa shape index (κ2) is 23.4. The van der Waals surface area contributed by atoms with Gasteiger partial charge in [0.05, 0.1) is 18.5 Å². The van der Waals surface area contributed by atoms with E-state index in [1.54, 1.807) is 12.1 Å². The fraction of sp³-hybridized carbons (Fsp3) is 0.527. The van der Waals surface area contributed by atoms with Gasteiger partial charge in [0.25, 0.3) is 0 Å². The van der Waals surface area contributed by atoms with Crippen LogP contribution in [0.3, 0.4) is 0 Å². The van der Waals surface area contributed by atoms with E-state index in [0.29, 0.717) is 91.4 Å². The van der Waals surface area contributed by atoms with E-state index in [4.69, 9.17) is 29.4 Å². The van der Waals surface area contributed by atoms with Gasteiger partial charge in [0, 0.05) is 40.8 Å². The number of Topliss-reactive ketones (excluding diaryl/α,β-unsaturated/α-hetero) is 1. The molecule has 0 amide bonds. The van der Waals surface area contributed by atoms with Crippen LogP contribution in [0.15, 0.2) is 36.4 Å². The Morgan fingerprint density at radius 3 is 2.17 bits per heavy atom. The number of fused-ring (bicyclic) bond motifs is 8. The van der Waals surface area contributed by atoms with E-state index < -0.39 is 23.6 Å². The maximum atomic E-state index is 14.4. The molecule has 0 fully saturated rings. The van der Waals surface area contributed by atoms with E-state index in [0.717, 1.165) is 42.1 Å². The summed E-state index contributed by atoms with van der Waals surface area (Å²) in [5, 5.41) is 0. The van der Waals surface area contributed by atoms with Gasteiger partial charge in [-0.15, -0.1) is 22.1 Å². The molecule has 10 nitrogen and oxygen atoms in total. The molecule has 3 aromatic rings. The van der Waals surface area contributed by atoms with Crippen LogP contribution in [0.4, 0.5) is 0 Å². The maximum Gasteiger partial charge on any atom is 2.00 e.